The molecule has 0 radical (unpaired) electrons. The summed E-state index contributed by atoms with van der Waals surface area (Å²) in [5.74, 6) is 0.620. The number of ether oxygens (including phenoxy) is 1. The summed E-state index contributed by atoms with van der Waals surface area (Å²) < 4.78 is 7.34. The number of carbonyl (C=O) groups excluding carboxylic acids is 2. The monoisotopic (exact) mass is 654 g/mol. The highest BCUT2D eigenvalue weighted by Crippen LogP contribution is 2.49. The van der Waals surface area contributed by atoms with Crippen molar-refractivity contribution in [3.8, 4) is 0 Å². The highest BCUT2D eigenvalue weighted by Gasteiger charge is 2.55. The van der Waals surface area contributed by atoms with E-state index in [-0.39, 0.29) is 48.0 Å². The zero-order valence-electron chi connectivity index (χ0n) is 24.8. The van der Waals surface area contributed by atoms with Gasteiger partial charge in [-0.1, -0.05) is 72.8 Å². The van der Waals surface area contributed by atoms with Crippen LogP contribution in [0.15, 0.2) is 110 Å². The number of nitrogens with zero attached hydrogens (tertiary/aromatic N) is 2. The first-order chi connectivity index (χ1) is 21.0. The van der Waals surface area contributed by atoms with Crippen molar-refractivity contribution in [1.82, 2.24) is 10.3 Å². The summed E-state index contributed by atoms with van der Waals surface area (Å²) in [4.78, 5) is 30.5. The van der Waals surface area contributed by atoms with Gasteiger partial charge in [-0.25, -0.2) is 4.79 Å². The third-order valence-electron chi connectivity index (χ3n) is 9.26. The lowest BCUT2D eigenvalue weighted by Gasteiger charge is -2.58. The van der Waals surface area contributed by atoms with E-state index in [0.29, 0.717) is 17.5 Å². The normalized spacial score (nSPS) is 22.8. The van der Waals surface area contributed by atoms with Crippen LogP contribution in [0, 0.1) is 11.8 Å². The molecular formula is C36H39BrN4O3. The Morgan fingerprint density at radius 3 is 2.50 bits per heavy atom. The standard InChI is InChI=1S/C36H38N4O3.BrH/c1-2-27-25-40(24-26-11-5-3-6-12-26)22-19-28(27)23-33(40)35(31-17-20-37-32-16-10-9-15-30(31)32)43-34(41)18-21-38-36(42)39-29-13-7-4-8-14-29;/h2-17,20,27-28,33,35H,1,18-19,21-25H2,(H-,38,39,42);1H/t27-,28-,33+,35-,40?;/m0./s1. The van der Waals surface area contributed by atoms with Gasteiger partial charge >= 0.3 is 12.0 Å². The molecule has 2 bridgehead atoms. The minimum Gasteiger partial charge on any atom is -1.00 e. The summed E-state index contributed by atoms with van der Waals surface area (Å²) >= 11 is 0. The van der Waals surface area contributed by atoms with Gasteiger partial charge in [-0.15, -0.1) is 6.58 Å². The van der Waals surface area contributed by atoms with Crippen molar-refractivity contribution < 1.29 is 35.8 Å². The molecule has 7 nitrogen and oxygen atoms in total. The first-order valence-corrected chi connectivity index (χ1v) is 15.2. The van der Waals surface area contributed by atoms with Gasteiger partial charge in [-0.2, -0.15) is 0 Å². The molecule has 3 aliphatic heterocycles. The van der Waals surface area contributed by atoms with E-state index in [0.717, 1.165) is 53.4 Å². The Morgan fingerprint density at radius 1 is 1.00 bits per heavy atom. The number of benzene rings is 3. The summed E-state index contributed by atoms with van der Waals surface area (Å²) in [6.45, 7) is 7.26. The molecule has 2 N–H and O–H groups in total. The lowest BCUT2D eigenvalue weighted by atomic mass is 9.71. The van der Waals surface area contributed by atoms with Crippen LogP contribution in [0.3, 0.4) is 0 Å². The molecule has 3 aliphatic rings. The van der Waals surface area contributed by atoms with Gasteiger partial charge in [0.15, 0.2) is 6.10 Å². The molecular weight excluding hydrogens is 616 g/mol. The van der Waals surface area contributed by atoms with Crippen LogP contribution in [0.4, 0.5) is 10.5 Å². The van der Waals surface area contributed by atoms with Gasteiger partial charge in [-0.05, 0) is 30.2 Å². The van der Waals surface area contributed by atoms with Crippen LogP contribution in [0.1, 0.15) is 36.5 Å². The number of urea groups is 1. The lowest BCUT2D eigenvalue weighted by molar-refractivity contribution is -0.984. The highest BCUT2D eigenvalue weighted by atomic mass is 79.9. The molecule has 0 saturated carbocycles. The molecule has 0 spiro atoms. The maximum absolute atomic E-state index is 13.5. The summed E-state index contributed by atoms with van der Waals surface area (Å²) in [5.41, 5.74) is 3.86. The van der Waals surface area contributed by atoms with Crippen molar-refractivity contribution in [3.63, 3.8) is 0 Å². The third-order valence-corrected chi connectivity index (χ3v) is 9.26. The van der Waals surface area contributed by atoms with Crippen molar-refractivity contribution in [2.45, 2.75) is 38.0 Å². The summed E-state index contributed by atoms with van der Waals surface area (Å²) in [5, 5.41) is 6.58. The van der Waals surface area contributed by atoms with Gasteiger partial charge in [0, 0.05) is 53.7 Å². The van der Waals surface area contributed by atoms with E-state index in [1.165, 1.54) is 5.56 Å². The molecule has 4 aromatic rings. The molecule has 3 fully saturated rings. The smallest absolute Gasteiger partial charge is 0.319 e. The van der Waals surface area contributed by atoms with Crippen LogP contribution < -0.4 is 27.6 Å². The lowest BCUT2D eigenvalue weighted by Crippen LogP contribution is -3.00. The zero-order chi connectivity index (χ0) is 29.6. The van der Waals surface area contributed by atoms with E-state index in [9.17, 15) is 9.59 Å². The molecule has 1 unspecified atom stereocenters. The number of fused-ring (bicyclic) bond motifs is 4. The molecule has 44 heavy (non-hydrogen) atoms. The van der Waals surface area contributed by atoms with Crippen LogP contribution >= 0.6 is 0 Å². The topological polar surface area (TPSA) is 80.3 Å². The quantitative estimate of drug-likeness (QED) is 0.156. The Labute approximate surface area is 269 Å². The fourth-order valence-electron chi connectivity index (χ4n) is 7.20. The van der Waals surface area contributed by atoms with E-state index in [2.05, 4.69) is 64.7 Å². The van der Waals surface area contributed by atoms with Crippen molar-refractivity contribution in [1.29, 1.82) is 0 Å². The average Bonchev–Trinajstić information content (AvgIpc) is 3.04. The number of amides is 2. The van der Waals surface area contributed by atoms with Crippen molar-refractivity contribution in [2.75, 3.05) is 25.0 Å². The predicted octanol–water partition coefficient (Wildman–Crippen LogP) is 3.65. The number of halogens is 1. The van der Waals surface area contributed by atoms with Gasteiger partial charge in [0.1, 0.15) is 12.6 Å². The third kappa shape index (κ3) is 6.87. The number of pyridine rings is 1. The molecule has 7 rings (SSSR count). The van der Waals surface area contributed by atoms with E-state index in [4.69, 9.17) is 4.74 Å². The Bertz CT molecular complexity index is 1580. The Kier molecular flexibility index (Phi) is 10.1. The van der Waals surface area contributed by atoms with E-state index >= 15 is 0 Å². The van der Waals surface area contributed by atoms with Crippen LogP contribution in [0.5, 0.6) is 0 Å². The second kappa shape index (κ2) is 14.2. The molecule has 2 amide bonds. The second-order valence-corrected chi connectivity index (χ2v) is 11.8. The number of nitrogens with one attached hydrogen (secondary N) is 2. The van der Waals surface area contributed by atoms with Gasteiger partial charge in [0.05, 0.1) is 25.0 Å². The summed E-state index contributed by atoms with van der Waals surface area (Å²) in [6, 6.07) is 29.7. The Hall–Kier alpha value is -4.01. The largest absolute Gasteiger partial charge is 1.00 e. The Morgan fingerprint density at radius 2 is 1.73 bits per heavy atom. The molecule has 228 valence electrons. The number of hydrogen-bond donors (Lipinski definition) is 2. The number of carbonyl (C=O) groups is 2. The highest BCUT2D eigenvalue weighted by molar-refractivity contribution is 5.89. The van der Waals surface area contributed by atoms with Gasteiger partial charge in [-0.3, -0.25) is 9.78 Å². The minimum atomic E-state index is -0.448. The number of esters is 1. The Balaban J connectivity index is 0.00000384. The molecule has 5 atom stereocenters. The van der Waals surface area contributed by atoms with E-state index in [1.54, 1.807) is 0 Å². The number of aromatic nitrogens is 1. The number of piperidine rings is 3. The van der Waals surface area contributed by atoms with E-state index < -0.39 is 6.10 Å². The van der Waals surface area contributed by atoms with Crippen molar-refractivity contribution >= 4 is 28.6 Å². The van der Waals surface area contributed by atoms with Crippen LogP contribution in [0.2, 0.25) is 0 Å². The molecule has 3 saturated heterocycles. The molecule has 3 aromatic carbocycles. The van der Waals surface area contributed by atoms with Crippen molar-refractivity contribution in [2.24, 2.45) is 11.8 Å². The van der Waals surface area contributed by atoms with Crippen LogP contribution in [-0.2, 0) is 16.1 Å². The first kappa shape index (κ1) is 31.4. The van der Waals surface area contributed by atoms with Gasteiger partial charge < -0.3 is 36.8 Å². The number of anilines is 1. The fourth-order valence-corrected chi connectivity index (χ4v) is 7.20. The van der Waals surface area contributed by atoms with Gasteiger partial charge in [0.25, 0.3) is 0 Å². The maximum Gasteiger partial charge on any atom is 0.319 e. The average molecular weight is 656 g/mol. The fraction of sp³-hybridized carbons (Fsp3) is 0.306. The van der Waals surface area contributed by atoms with Crippen LogP contribution in [-0.4, -0.2) is 47.1 Å². The van der Waals surface area contributed by atoms with E-state index in [1.807, 2.05) is 60.8 Å². The molecule has 4 heterocycles. The number of para-hydroxylation sites is 2. The predicted molar refractivity (Wildman–Crippen MR) is 169 cm³/mol. The zero-order valence-corrected chi connectivity index (χ0v) is 26.4. The SMILES string of the molecule is C=C[C@H]1C[N+]2(Cc3ccccc3)CC[C@H]1C[C@@H]2[C@@H](OC(=O)CCNC(=O)Nc1ccccc1)c1ccnc2ccccc12.[Br-]. The minimum absolute atomic E-state index is 0. The first-order valence-electron chi connectivity index (χ1n) is 15.2. The van der Waals surface area contributed by atoms with Crippen LogP contribution in [0.25, 0.3) is 10.9 Å². The number of hydrogen-bond acceptors (Lipinski definition) is 4. The number of quaternary nitrogens is 1. The maximum atomic E-state index is 13.5. The second-order valence-electron chi connectivity index (χ2n) is 11.8. The summed E-state index contributed by atoms with van der Waals surface area (Å²) in [6.07, 6.45) is 5.67. The molecule has 8 heteroatoms. The molecule has 0 aliphatic carbocycles. The van der Waals surface area contributed by atoms with Crippen molar-refractivity contribution in [3.05, 3.63) is 121 Å². The summed E-state index contributed by atoms with van der Waals surface area (Å²) in [7, 11) is 0. The number of rotatable bonds is 10. The molecule has 1 aromatic heterocycles. The van der Waals surface area contributed by atoms with Gasteiger partial charge in [0.2, 0.25) is 0 Å².